The second-order valence-electron chi connectivity index (χ2n) is 3.84. The van der Waals surface area contributed by atoms with Gasteiger partial charge in [-0.05, 0) is 31.5 Å². The van der Waals surface area contributed by atoms with Crippen LogP contribution in [0.3, 0.4) is 0 Å². The number of hydrogen-bond donors (Lipinski definition) is 2. The standard InChI is InChI=1S/C12H20N2O/c1-10(2)15-8-7-14-9-11-3-5-12(13)6-4-11/h3-6,10,14H,7-9,13H2,1-2H3. The average Bonchev–Trinajstić information content (AvgIpc) is 2.20. The van der Waals surface area contributed by atoms with Gasteiger partial charge in [-0.2, -0.15) is 0 Å². The van der Waals surface area contributed by atoms with Gasteiger partial charge in [0.1, 0.15) is 0 Å². The van der Waals surface area contributed by atoms with Crippen molar-refractivity contribution in [2.45, 2.75) is 26.5 Å². The van der Waals surface area contributed by atoms with Gasteiger partial charge in [0.05, 0.1) is 12.7 Å². The van der Waals surface area contributed by atoms with Crippen LogP contribution >= 0.6 is 0 Å². The maximum atomic E-state index is 5.60. The minimum atomic E-state index is 0.309. The molecule has 0 radical (unpaired) electrons. The molecule has 84 valence electrons. The van der Waals surface area contributed by atoms with Gasteiger partial charge in [-0.1, -0.05) is 12.1 Å². The summed E-state index contributed by atoms with van der Waals surface area (Å²) in [7, 11) is 0. The van der Waals surface area contributed by atoms with Gasteiger partial charge in [-0.15, -0.1) is 0 Å². The van der Waals surface area contributed by atoms with Crippen molar-refractivity contribution in [1.29, 1.82) is 0 Å². The molecule has 0 aliphatic carbocycles. The first-order chi connectivity index (χ1) is 7.18. The summed E-state index contributed by atoms with van der Waals surface area (Å²) in [5.41, 5.74) is 7.65. The Hall–Kier alpha value is -1.06. The van der Waals surface area contributed by atoms with E-state index in [1.165, 1.54) is 5.56 Å². The van der Waals surface area contributed by atoms with Crippen LogP contribution in [0.15, 0.2) is 24.3 Å². The predicted octanol–water partition coefficient (Wildman–Crippen LogP) is 1.78. The lowest BCUT2D eigenvalue weighted by molar-refractivity contribution is 0.0807. The number of nitrogen functional groups attached to an aromatic ring is 1. The maximum absolute atomic E-state index is 5.60. The Morgan fingerprint density at radius 2 is 1.93 bits per heavy atom. The summed E-state index contributed by atoms with van der Waals surface area (Å²) in [4.78, 5) is 0. The third-order valence-electron chi connectivity index (χ3n) is 2.04. The Morgan fingerprint density at radius 1 is 1.27 bits per heavy atom. The SMILES string of the molecule is CC(C)OCCNCc1ccc(N)cc1. The summed E-state index contributed by atoms with van der Waals surface area (Å²) >= 11 is 0. The summed E-state index contributed by atoms with van der Waals surface area (Å²) in [5.74, 6) is 0. The predicted molar refractivity (Wildman–Crippen MR) is 63.6 cm³/mol. The van der Waals surface area contributed by atoms with Gasteiger partial charge in [-0.3, -0.25) is 0 Å². The number of rotatable bonds is 6. The van der Waals surface area contributed by atoms with Gasteiger partial charge in [0, 0.05) is 18.8 Å². The molecule has 0 saturated carbocycles. The summed E-state index contributed by atoms with van der Waals surface area (Å²) in [6.07, 6.45) is 0.309. The van der Waals surface area contributed by atoms with Gasteiger partial charge in [0.25, 0.3) is 0 Å². The fourth-order valence-electron chi connectivity index (χ4n) is 1.24. The molecule has 3 nitrogen and oxygen atoms in total. The molecule has 1 aromatic carbocycles. The molecule has 0 saturated heterocycles. The van der Waals surface area contributed by atoms with Crippen LogP contribution < -0.4 is 11.1 Å². The highest BCUT2D eigenvalue weighted by atomic mass is 16.5. The zero-order valence-electron chi connectivity index (χ0n) is 9.49. The number of ether oxygens (including phenoxy) is 1. The molecule has 0 atom stereocenters. The molecule has 1 rings (SSSR count). The Bertz CT molecular complexity index is 269. The second kappa shape index (κ2) is 6.43. The lowest BCUT2D eigenvalue weighted by atomic mass is 10.2. The number of hydrogen-bond acceptors (Lipinski definition) is 3. The summed E-state index contributed by atoms with van der Waals surface area (Å²) in [6, 6.07) is 7.90. The van der Waals surface area contributed by atoms with E-state index >= 15 is 0 Å². The van der Waals surface area contributed by atoms with E-state index in [1.807, 2.05) is 38.1 Å². The van der Waals surface area contributed by atoms with Gasteiger partial charge >= 0.3 is 0 Å². The van der Waals surface area contributed by atoms with E-state index in [0.29, 0.717) is 6.10 Å². The monoisotopic (exact) mass is 208 g/mol. The van der Waals surface area contributed by atoms with Crippen LogP contribution in [-0.2, 0) is 11.3 Å². The smallest absolute Gasteiger partial charge is 0.0594 e. The Labute approximate surface area is 91.6 Å². The highest BCUT2D eigenvalue weighted by molar-refractivity contribution is 5.39. The number of nitrogens with one attached hydrogen (secondary N) is 1. The van der Waals surface area contributed by atoms with E-state index in [2.05, 4.69) is 5.32 Å². The molecule has 0 heterocycles. The Balaban J connectivity index is 2.12. The van der Waals surface area contributed by atoms with Crippen LogP contribution in [0.25, 0.3) is 0 Å². The van der Waals surface area contributed by atoms with Crippen LogP contribution in [0, 0.1) is 0 Å². The molecular weight excluding hydrogens is 188 g/mol. The minimum absolute atomic E-state index is 0.309. The normalized spacial score (nSPS) is 10.9. The third-order valence-corrected chi connectivity index (χ3v) is 2.04. The molecule has 0 aliphatic rings. The van der Waals surface area contributed by atoms with E-state index in [4.69, 9.17) is 10.5 Å². The number of benzene rings is 1. The quantitative estimate of drug-likeness (QED) is 0.553. The van der Waals surface area contributed by atoms with Crippen molar-refractivity contribution >= 4 is 5.69 Å². The van der Waals surface area contributed by atoms with E-state index in [-0.39, 0.29) is 0 Å². The maximum Gasteiger partial charge on any atom is 0.0594 e. The van der Waals surface area contributed by atoms with Crippen molar-refractivity contribution < 1.29 is 4.74 Å². The first kappa shape index (κ1) is 12.0. The van der Waals surface area contributed by atoms with Crippen molar-refractivity contribution in [2.75, 3.05) is 18.9 Å². The Morgan fingerprint density at radius 3 is 2.53 bits per heavy atom. The molecule has 0 aromatic heterocycles. The van der Waals surface area contributed by atoms with Gasteiger partial charge in [0.2, 0.25) is 0 Å². The van der Waals surface area contributed by atoms with E-state index in [9.17, 15) is 0 Å². The summed E-state index contributed by atoms with van der Waals surface area (Å²) in [6.45, 7) is 6.58. The molecule has 0 bridgehead atoms. The highest BCUT2D eigenvalue weighted by Gasteiger charge is 1.94. The minimum Gasteiger partial charge on any atom is -0.399 e. The molecule has 3 heteroatoms. The highest BCUT2D eigenvalue weighted by Crippen LogP contribution is 2.04. The topological polar surface area (TPSA) is 47.3 Å². The molecule has 0 unspecified atom stereocenters. The van der Waals surface area contributed by atoms with Crippen molar-refractivity contribution in [1.82, 2.24) is 5.32 Å². The molecule has 15 heavy (non-hydrogen) atoms. The molecule has 0 amide bonds. The van der Waals surface area contributed by atoms with Crippen LogP contribution in [0.1, 0.15) is 19.4 Å². The lowest BCUT2D eigenvalue weighted by Crippen LogP contribution is -2.20. The first-order valence-electron chi connectivity index (χ1n) is 5.35. The fourth-order valence-corrected chi connectivity index (χ4v) is 1.24. The first-order valence-corrected chi connectivity index (χ1v) is 5.35. The third kappa shape index (κ3) is 5.40. The van der Waals surface area contributed by atoms with Crippen molar-refractivity contribution in [2.24, 2.45) is 0 Å². The van der Waals surface area contributed by atoms with Crippen molar-refractivity contribution in [3.05, 3.63) is 29.8 Å². The zero-order chi connectivity index (χ0) is 11.1. The van der Waals surface area contributed by atoms with Crippen LogP contribution in [-0.4, -0.2) is 19.3 Å². The van der Waals surface area contributed by atoms with Gasteiger partial charge < -0.3 is 15.8 Å². The van der Waals surface area contributed by atoms with E-state index in [0.717, 1.165) is 25.4 Å². The molecule has 0 spiro atoms. The average molecular weight is 208 g/mol. The Kier molecular flexibility index (Phi) is 5.15. The van der Waals surface area contributed by atoms with E-state index in [1.54, 1.807) is 0 Å². The van der Waals surface area contributed by atoms with Gasteiger partial charge in [-0.25, -0.2) is 0 Å². The van der Waals surface area contributed by atoms with E-state index < -0.39 is 0 Å². The van der Waals surface area contributed by atoms with Crippen molar-refractivity contribution in [3.63, 3.8) is 0 Å². The molecular formula is C12H20N2O. The number of anilines is 1. The summed E-state index contributed by atoms with van der Waals surface area (Å²) in [5, 5.41) is 3.31. The van der Waals surface area contributed by atoms with Crippen LogP contribution in [0.5, 0.6) is 0 Å². The lowest BCUT2D eigenvalue weighted by Gasteiger charge is -2.08. The molecule has 1 aromatic rings. The second-order valence-corrected chi connectivity index (χ2v) is 3.84. The largest absolute Gasteiger partial charge is 0.399 e. The van der Waals surface area contributed by atoms with Gasteiger partial charge in [0.15, 0.2) is 0 Å². The zero-order valence-corrected chi connectivity index (χ0v) is 9.49. The van der Waals surface area contributed by atoms with Crippen LogP contribution in [0.2, 0.25) is 0 Å². The molecule has 0 fully saturated rings. The molecule has 3 N–H and O–H groups in total. The van der Waals surface area contributed by atoms with Crippen molar-refractivity contribution in [3.8, 4) is 0 Å². The fraction of sp³-hybridized carbons (Fsp3) is 0.500. The summed E-state index contributed by atoms with van der Waals surface area (Å²) < 4.78 is 5.42. The molecule has 0 aliphatic heterocycles. The van der Waals surface area contributed by atoms with Crippen LogP contribution in [0.4, 0.5) is 5.69 Å². The number of nitrogens with two attached hydrogens (primary N) is 1.